The molecule has 114 valence electrons. The summed E-state index contributed by atoms with van der Waals surface area (Å²) in [6, 6.07) is 3.13. The summed E-state index contributed by atoms with van der Waals surface area (Å²) in [5.74, 6) is -0.863. The van der Waals surface area contributed by atoms with Gasteiger partial charge in [-0.15, -0.1) is 0 Å². The van der Waals surface area contributed by atoms with E-state index in [4.69, 9.17) is 0 Å². The first-order valence-electron chi connectivity index (χ1n) is 6.84. The predicted molar refractivity (Wildman–Crippen MR) is 79.2 cm³/mol. The van der Waals surface area contributed by atoms with Gasteiger partial charge in [-0.2, -0.15) is 5.10 Å². The van der Waals surface area contributed by atoms with E-state index in [9.17, 15) is 8.78 Å². The molecule has 1 aromatic heterocycles. The van der Waals surface area contributed by atoms with Crippen molar-refractivity contribution in [3.8, 4) is 0 Å². The highest BCUT2D eigenvalue weighted by Crippen LogP contribution is 2.22. The summed E-state index contributed by atoms with van der Waals surface area (Å²) in [6.45, 7) is 3.45. The highest BCUT2D eigenvalue weighted by atomic mass is 19.1. The third kappa shape index (κ3) is 4.26. The molecule has 0 saturated heterocycles. The number of likely N-dealkylation sites (N-methyl/N-ethyl adjacent to an activating group) is 1. The van der Waals surface area contributed by atoms with Crippen LogP contribution in [-0.4, -0.2) is 35.3 Å². The molecule has 0 aliphatic rings. The second-order valence-corrected chi connectivity index (χ2v) is 5.33. The Morgan fingerprint density at radius 3 is 2.81 bits per heavy atom. The van der Waals surface area contributed by atoms with E-state index in [2.05, 4.69) is 15.3 Å². The number of nitrogens with zero attached hydrogens (tertiary/aromatic N) is 3. The molecule has 0 amide bonds. The number of anilines is 1. The summed E-state index contributed by atoms with van der Waals surface area (Å²) in [5, 5.41) is 7.37. The highest BCUT2D eigenvalue weighted by Gasteiger charge is 2.12. The van der Waals surface area contributed by atoms with Crippen LogP contribution < -0.4 is 5.32 Å². The number of hydrogen-bond acceptors (Lipinski definition) is 3. The molecule has 0 unspecified atom stereocenters. The standard InChI is InChI=1S/C15H20F2N4/c1-11(14-8-12(16)4-5-15(14)17)19-13-9-18-21(10-13)7-6-20(2)3/h4-5,8-11,19H,6-7H2,1-3H3/t11-/m0/s1. The van der Waals surface area contributed by atoms with Crippen molar-refractivity contribution in [1.82, 2.24) is 14.7 Å². The molecule has 6 heteroatoms. The van der Waals surface area contributed by atoms with Crippen LogP contribution in [0.1, 0.15) is 18.5 Å². The zero-order chi connectivity index (χ0) is 15.4. The first-order valence-corrected chi connectivity index (χ1v) is 6.84. The van der Waals surface area contributed by atoms with Gasteiger partial charge in [0.15, 0.2) is 0 Å². The number of rotatable bonds is 6. The zero-order valence-corrected chi connectivity index (χ0v) is 12.5. The number of benzene rings is 1. The van der Waals surface area contributed by atoms with Gasteiger partial charge < -0.3 is 10.2 Å². The van der Waals surface area contributed by atoms with E-state index in [0.717, 1.165) is 30.9 Å². The zero-order valence-electron chi connectivity index (χ0n) is 12.5. The Balaban J connectivity index is 2.02. The third-order valence-corrected chi connectivity index (χ3v) is 3.22. The molecule has 2 aromatic rings. The van der Waals surface area contributed by atoms with Gasteiger partial charge in [0.25, 0.3) is 0 Å². The third-order valence-electron chi connectivity index (χ3n) is 3.22. The Labute approximate surface area is 123 Å². The highest BCUT2D eigenvalue weighted by molar-refractivity contribution is 5.41. The van der Waals surface area contributed by atoms with Gasteiger partial charge in [0, 0.05) is 18.3 Å². The van der Waals surface area contributed by atoms with Crippen LogP contribution in [0.2, 0.25) is 0 Å². The van der Waals surface area contributed by atoms with E-state index >= 15 is 0 Å². The lowest BCUT2D eigenvalue weighted by molar-refractivity contribution is 0.373. The van der Waals surface area contributed by atoms with Crippen molar-refractivity contribution in [2.24, 2.45) is 0 Å². The van der Waals surface area contributed by atoms with Crippen LogP contribution in [0.4, 0.5) is 14.5 Å². The van der Waals surface area contributed by atoms with Crippen molar-refractivity contribution in [2.75, 3.05) is 26.0 Å². The second-order valence-electron chi connectivity index (χ2n) is 5.33. The maximum atomic E-state index is 13.7. The predicted octanol–water partition coefficient (Wildman–Crippen LogP) is 2.90. The lowest BCUT2D eigenvalue weighted by Crippen LogP contribution is -2.18. The summed E-state index contributed by atoms with van der Waals surface area (Å²) in [4.78, 5) is 2.07. The first kappa shape index (κ1) is 15.4. The molecule has 1 heterocycles. The minimum atomic E-state index is -0.443. The van der Waals surface area contributed by atoms with Crippen molar-refractivity contribution >= 4 is 5.69 Å². The van der Waals surface area contributed by atoms with Gasteiger partial charge in [0.2, 0.25) is 0 Å². The van der Waals surface area contributed by atoms with Gasteiger partial charge in [0.1, 0.15) is 11.6 Å². The fraction of sp³-hybridized carbons (Fsp3) is 0.400. The maximum absolute atomic E-state index is 13.7. The lowest BCUT2D eigenvalue weighted by atomic mass is 10.1. The normalized spacial score (nSPS) is 12.7. The molecule has 0 radical (unpaired) electrons. The van der Waals surface area contributed by atoms with Gasteiger partial charge in [-0.25, -0.2) is 8.78 Å². The van der Waals surface area contributed by atoms with E-state index in [1.165, 1.54) is 6.07 Å². The molecule has 0 saturated carbocycles. The van der Waals surface area contributed by atoms with Crippen molar-refractivity contribution in [2.45, 2.75) is 19.5 Å². The Morgan fingerprint density at radius 1 is 1.33 bits per heavy atom. The number of hydrogen-bond donors (Lipinski definition) is 1. The Kier molecular flexibility index (Phi) is 4.90. The quantitative estimate of drug-likeness (QED) is 0.889. The summed E-state index contributed by atoms with van der Waals surface area (Å²) in [6.07, 6.45) is 3.54. The number of nitrogens with one attached hydrogen (secondary N) is 1. The molecule has 0 fully saturated rings. The molecule has 0 aliphatic heterocycles. The van der Waals surface area contributed by atoms with Crippen LogP contribution >= 0.6 is 0 Å². The average molecular weight is 294 g/mol. The molecule has 1 N–H and O–H groups in total. The molecule has 1 aromatic carbocycles. The van der Waals surface area contributed by atoms with Gasteiger partial charge in [-0.05, 0) is 39.2 Å². The average Bonchev–Trinajstić information content (AvgIpc) is 2.86. The van der Waals surface area contributed by atoms with Gasteiger partial charge in [-0.3, -0.25) is 4.68 Å². The largest absolute Gasteiger partial charge is 0.376 e. The van der Waals surface area contributed by atoms with Crippen LogP contribution in [0.5, 0.6) is 0 Å². The van der Waals surface area contributed by atoms with Gasteiger partial charge in [0.05, 0.1) is 24.5 Å². The summed E-state index contributed by atoms with van der Waals surface area (Å²) in [7, 11) is 3.99. The van der Waals surface area contributed by atoms with Crippen molar-refractivity contribution in [3.05, 3.63) is 47.8 Å². The molecule has 0 spiro atoms. The monoisotopic (exact) mass is 294 g/mol. The lowest BCUT2D eigenvalue weighted by Gasteiger charge is -2.15. The summed E-state index contributed by atoms with van der Waals surface area (Å²) >= 11 is 0. The second kappa shape index (κ2) is 6.67. The molecule has 2 rings (SSSR count). The van der Waals surface area contributed by atoms with Gasteiger partial charge >= 0.3 is 0 Å². The van der Waals surface area contributed by atoms with Crippen molar-refractivity contribution in [1.29, 1.82) is 0 Å². The van der Waals surface area contributed by atoms with Crippen molar-refractivity contribution in [3.63, 3.8) is 0 Å². The molecular formula is C15H20F2N4. The minimum Gasteiger partial charge on any atom is -0.376 e. The SMILES string of the molecule is C[C@H](Nc1cnn(CCN(C)C)c1)c1cc(F)ccc1F. The fourth-order valence-electron chi connectivity index (χ4n) is 2.04. The van der Waals surface area contributed by atoms with E-state index in [0.29, 0.717) is 5.56 Å². The molecule has 4 nitrogen and oxygen atoms in total. The van der Waals surface area contributed by atoms with Crippen LogP contribution in [0.25, 0.3) is 0 Å². The van der Waals surface area contributed by atoms with Crippen molar-refractivity contribution < 1.29 is 8.78 Å². The summed E-state index contributed by atoms with van der Waals surface area (Å²) in [5.41, 5.74) is 1.08. The van der Waals surface area contributed by atoms with E-state index in [-0.39, 0.29) is 6.04 Å². The van der Waals surface area contributed by atoms with Crippen LogP contribution in [0, 0.1) is 11.6 Å². The van der Waals surface area contributed by atoms with E-state index in [1.54, 1.807) is 13.1 Å². The van der Waals surface area contributed by atoms with E-state index < -0.39 is 11.6 Å². The van der Waals surface area contributed by atoms with Crippen LogP contribution in [0.3, 0.4) is 0 Å². The molecule has 1 atom stereocenters. The topological polar surface area (TPSA) is 33.1 Å². The smallest absolute Gasteiger partial charge is 0.128 e. The molecular weight excluding hydrogens is 274 g/mol. The van der Waals surface area contributed by atoms with Crippen LogP contribution in [-0.2, 0) is 6.54 Å². The molecule has 21 heavy (non-hydrogen) atoms. The first-order chi connectivity index (χ1) is 9.95. The molecule has 0 bridgehead atoms. The Hall–Kier alpha value is -1.95. The number of halogens is 2. The Bertz CT molecular complexity index is 595. The fourth-order valence-corrected chi connectivity index (χ4v) is 2.04. The van der Waals surface area contributed by atoms with E-state index in [1.807, 2.05) is 25.0 Å². The number of aromatic nitrogens is 2. The Morgan fingerprint density at radius 2 is 2.10 bits per heavy atom. The maximum Gasteiger partial charge on any atom is 0.128 e. The summed E-state index contributed by atoms with van der Waals surface area (Å²) < 4.78 is 28.7. The minimum absolute atomic E-state index is 0.302. The van der Waals surface area contributed by atoms with Gasteiger partial charge in [-0.1, -0.05) is 0 Å². The van der Waals surface area contributed by atoms with Crippen LogP contribution in [0.15, 0.2) is 30.6 Å². The molecule has 0 aliphatic carbocycles.